The minimum Gasteiger partial charge on any atom is -0.379 e. The van der Waals surface area contributed by atoms with Gasteiger partial charge in [0.05, 0.1) is 24.5 Å². The largest absolute Gasteiger partial charge is 0.379 e. The smallest absolute Gasteiger partial charge is 0.255 e. The van der Waals surface area contributed by atoms with Crippen LogP contribution in [-0.4, -0.2) is 43.0 Å². The lowest BCUT2D eigenvalue weighted by atomic mass is 10.1. The van der Waals surface area contributed by atoms with Gasteiger partial charge in [-0.3, -0.25) is 14.5 Å². The Morgan fingerprint density at radius 3 is 2.22 bits per heavy atom. The molecule has 0 bridgehead atoms. The minimum absolute atomic E-state index is 0.231. The number of para-hydroxylation sites is 1. The van der Waals surface area contributed by atoms with Gasteiger partial charge in [-0.1, -0.05) is 54.6 Å². The summed E-state index contributed by atoms with van der Waals surface area (Å²) < 4.78 is 5.39. The number of hydrogen-bond donors (Lipinski definition) is 2. The average molecular weight is 430 g/mol. The van der Waals surface area contributed by atoms with Gasteiger partial charge >= 0.3 is 0 Å². The van der Waals surface area contributed by atoms with Crippen LogP contribution in [0.5, 0.6) is 0 Å². The molecule has 6 heteroatoms. The number of benzene rings is 3. The SMILES string of the molecule is O=C(Nc1ccccc1C(=O)NCc1ccccc1)c1ccc(CN2CCOCC2)cc1. The molecule has 0 unspecified atom stereocenters. The van der Waals surface area contributed by atoms with Crippen LogP contribution in [0.15, 0.2) is 78.9 Å². The third kappa shape index (κ3) is 5.81. The standard InChI is InChI=1S/C26H27N3O3/c30-25(22-12-10-21(11-13-22)19-29-14-16-32-17-15-29)28-24-9-5-4-8-23(24)26(31)27-18-20-6-2-1-3-7-20/h1-13H,14-19H2,(H,27,31)(H,28,30). The Morgan fingerprint density at radius 1 is 0.781 bits per heavy atom. The number of ether oxygens (including phenoxy) is 1. The lowest BCUT2D eigenvalue weighted by Gasteiger charge is -2.26. The highest BCUT2D eigenvalue weighted by Crippen LogP contribution is 2.17. The molecule has 1 fully saturated rings. The fourth-order valence-corrected chi connectivity index (χ4v) is 3.64. The molecule has 0 aliphatic carbocycles. The predicted molar refractivity (Wildman–Crippen MR) is 125 cm³/mol. The predicted octanol–water partition coefficient (Wildman–Crippen LogP) is 3.70. The van der Waals surface area contributed by atoms with Gasteiger partial charge in [-0.25, -0.2) is 0 Å². The van der Waals surface area contributed by atoms with Crippen LogP contribution in [0, 0.1) is 0 Å². The van der Waals surface area contributed by atoms with Crippen LogP contribution in [0.25, 0.3) is 0 Å². The highest BCUT2D eigenvalue weighted by atomic mass is 16.5. The summed E-state index contributed by atoms with van der Waals surface area (Å²) in [5.41, 5.74) is 3.64. The molecule has 0 aromatic heterocycles. The molecule has 3 aromatic rings. The van der Waals surface area contributed by atoms with Gasteiger partial charge in [-0.2, -0.15) is 0 Å². The number of amides is 2. The first-order chi connectivity index (χ1) is 15.7. The van der Waals surface area contributed by atoms with E-state index in [2.05, 4.69) is 15.5 Å². The van der Waals surface area contributed by atoms with Gasteiger partial charge in [0.25, 0.3) is 11.8 Å². The van der Waals surface area contributed by atoms with Crippen LogP contribution in [-0.2, 0) is 17.8 Å². The van der Waals surface area contributed by atoms with E-state index < -0.39 is 0 Å². The summed E-state index contributed by atoms with van der Waals surface area (Å²) in [6, 6.07) is 24.3. The van der Waals surface area contributed by atoms with Gasteiger partial charge in [0.15, 0.2) is 0 Å². The van der Waals surface area contributed by atoms with Crippen LogP contribution in [0.3, 0.4) is 0 Å². The van der Waals surface area contributed by atoms with Gasteiger partial charge in [0.2, 0.25) is 0 Å². The second kappa shape index (κ2) is 10.7. The van der Waals surface area contributed by atoms with Crippen LogP contribution in [0.2, 0.25) is 0 Å². The van der Waals surface area contributed by atoms with Crippen molar-refractivity contribution in [3.63, 3.8) is 0 Å². The van der Waals surface area contributed by atoms with Crippen molar-refractivity contribution in [1.29, 1.82) is 0 Å². The molecule has 0 radical (unpaired) electrons. The summed E-state index contributed by atoms with van der Waals surface area (Å²) in [6.07, 6.45) is 0. The second-order valence-corrected chi connectivity index (χ2v) is 7.75. The number of rotatable bonds is 7. The van der Waals surface area contributed by atoms with Crippen molar-refractivity contribution >= 4 is 17.5 Å². The quantitative estimate of drug-likeness (QED) is 0.601. The first-order valence-electron chi connectivity index (χ1n) is 10.8. The summed E-state index contributed by atoms with van der Waals surface area (Å²) in [6.45, 7) is 4.64. The number of nitrogens with zero attached hydrogens (tertiary/aromatic N) is 1. The molecule has 1 aliphatic heterocycles. The number of nitrogens with one attached hydrogen (secondary N) is 2. The van der Waals surface area contributed by atoms with Gasteiger partial charge < -0.3 is 15.4 Å². The third-order valence-corrected chi connectivity index (χ3v) is 5.44. The highest BCUT2D eigenvalue weighted by molar-refractivity contribution is 6.09. The average Bonchev–Trinajstić information content (AvgIpc) is 2.84. The molecule has 3 aromatic carbocycles. The molecule has 0 saturated carbocycles. The summed E-state index contributed by atoms with van der Waals surface area (Å²) in [7, 11) is 0. The monoisotopic (exact) mass is 429 g/mol. The second-order valence-electron chi connectivity index (χ2n) is 7.75. The third-order valence-electron chi connectivity index (χ3n) is 5.44. The Balaban J connectivity index is 1.38. The van der Waals surface area contributed by atoms with Crippen molar-refractivity contribution < 1.29 is 14.3 Å². The molecule has 0 spiro atoms. The van der Waals surface area contributed by atoms with Crippen LogP contribution in [0.4, 0.5) is 5.69 Å². The molecule has 1 saturated heterocycles. The normalized spacial score (nSPS) is 14.0. The van der Waals surface area contributed by atoms with Gasteiger partial charge in [0.1, 0.15) is 0 Å². The molecule has 164 valence electrons. The van der Waals surface area contributed by atoms with Crippen LogP contribution < -0.4 is 10.6 Å². The Kier molecular flexibility index (Phi) is 7.27. The van der Waals surface area contributed by atoms with E-state index in [1.165, 1.54) is 0 Å². The first kappa shape index (κ1) is 21.7. The van der Waals surface area contributed by atoms with Gasteiger partial charge in [-0.15, -0.1) is 0 Å². The number of hydrogen-bond acceptors (Lipinski definition) is 4. The molecule has 2 amide bonds. The zero-order valence-corrected chi connectivity index (χ0v) is 17.9. The molecule has 1 heterocycles. The first-order valence-corrected chi connectivity index (χ1v) is 10.8. The van der Waals surface area contributed by atoms with E-state index >= 15 is 0 Å². The van der Waals surface area contributed by atoms with E-state index in [1.807, 2.05) is 54.6 Å². The van der Waals surface area contributed by atoms with E-state index in [1.54, 1.807) is 24.3 Å². The summed E-state index contributed by atoms with van der Waals surface area (Å²) in [4.78, 5) is 27.9. The highest BCUT2D eigenvalue weighted by Gasteiger charge is 2.15. The summed E-state index contributed by atoms with van der Waals surface area (Å²) >= 11 is 0. The topological polar surface area (TPSA) is 70.7 Å². The lowest BCUT2D eigenvalue weighted by Crippen LogP contribution is -2.35. The molecule has 4 rings (SSSR count). The van der Waals surface area contributed by atoms with Crippen LogP contribution >= 0.6 is 0 Å². The number of anilines is 1. The molecule has 1 aliphatic rings. The van der Waals surface area contributed by atoms with Gasteiger partial charge in [-0.05, 0) is 35.4 Å². The molecule has 6 nitrogen and oxygen atoms in total. The van der Waals surface area contributed by atoms with Crippen molar-refractivity contribution in [3.8, 4) is 0 Å². The van der Waals surface area contributed by atoms with Crippen molar-refractivity contribution in [2.45, 2.75) is 13.1 Å². The van der Waals surface area contributed by atoms with E-state index in [-0.39, 0.29) is 11.8 Å². The Bertz CT molecular complexity index is 1050. The van der Waals surface area contributed by atoms with Crippen molar-refractivity contribution in [3.05, 3.63) is 101 Å². The minimum atomic E-state index is -0.244. The van der Waals surface area contributed by atoms with E-state index in [0.717, 1.165) is 44.0 Å². The number of morpholine rings is 1. The zero-order valence-electron chi connectivity index (χ0n) is 17.9. The molecule has 32 heavy (non-hydrogen) atoms. The maximum atomic E-state index is 12.8. The fraction of sp³-hybridized carbons (Fsp3) is 0.231. The number of carbonyl (C=O) groups excluding carboxylic acids is 2. The molecule has 2 N–H and O–H groups in total. The Labute approximate surface area is 188 Å². The molecular weight excluding hydrogens is 402 g/mol. The van der Waals surface area contributed by atoms with Gasteiger partial charge in [0, 0.05) is 31.7 Å². The lowest BCUT2D eigenvalue weighted by molar-refractivity contribution is 0.0342. The zero-order chi connectivity index (χ0) is 22.2. The summed E-state index contributed by atoms with van der Waals surface area (Å²) in [5, 5.41) is 5.79. The Hall–Kier alpha value is -3.48. The Morgan fingerprint density at radius 2 is 1.47 bits per heavy atom. The molecular formula is C26H27N3O3. The fourth-order valence-electron chi connectivity index (χ4n) is 3.64. The number of carbonyl (C=O) groups is 2. The van der Waals surface area contributed by atoms with Crippen molar-refractivity contribution in [1.82, 2.24) is 10.2 Å². The maximum absolute atomic E-state index is 12.8. The van der Waals surface area contributed by atoms with Crippen LogP contribution in [0.1, 0.15) is 31.8 Å². The van der Waals surface area contributed by atoms with E-state index in [0.29, 0.717) is 23.4 Å². The van der Waals surface area contributed by atoms with E-state index in [4.69, 9.17) is 4.74 Å². The maximum Gasteiger partial charge on any atom is 0.255 e. The van der Waals surface area contributed by atoms with Crippen molar-refractivity contribution in [2.75, 3.05) is 31.6 Å². The summed E-state index contributed by atoms with van der Waals surface area (Å²) in [5.74, 6) is -0.475. The van der Waals surface area contributed by atoms with E-state index in [9.17, 15) is 9.59 Å². The molecule has 0 atom stereocenters. The van der Waals surface area contributed by atoms with Crippen molar-refractivity contribution in [2.24, 2.45) is 0 Å².